The predicted octanol–water partition coefficient (Wildman–Crippen LogP) is 2.73. The van der Waals surface area contributed by atoms with Crippen LogP contribution >= 0.6 is 11.6 Å². The Morgan fingerprint density at radius 1 is 1.14 bits per heavy atom. The SMILES string of the molecule is CCOc1ccc(Cc2cc([C@@]34CC(O)CC(CO)(O3)[C@H](O)O4)ccc2Cl)cc1. The number of ether oxygens (including phenoxy) is 3. The minimum Gasteiger partial charge on any atom is -0.494 e. The average molecular weight is 421 g/mol. The van der Waals surface area contributed by atoms with Crippen molar-refractivity contribution in [1.29, 1.82) is 0 Å². The standard InChI is InChI=1S/C22H25ClO6/c1-2-27-18-6-3-14(4-7-18)9-15-10-16(5-8-19(15)23)22-12-17(25)11-21(13-24,29-22)20(26)28-22/h3-8,10,17,20,24-26H,2,9,11-13H2,1H3/t17?,20-,21?,22-/m1/s1. The highest BCUT2D eigenvalue weighted by Gasteiger charge is 2.62. The van der Waals surface area contributed by atoms with E-state index in [1.165, 1.54) is 0 Å². The minimum absolute atomic E-state index is 0.110. The van der Waals surface area contributed by atoms with E-state index < -0.39 is 30.4 Å². The second-order valence-corrected chi connectivity index (χ2v) is 8.08. The van der Waals surface area contributed by atoms with Crippen LogP contribution in [-0.4, -0.2) is 46.5 Å². The zero-order valence-electron chi connectivity index (χ0n) is 16.2. The van der Waals surface area contributed by atoms with Crippen molar-refractivity contribution in [3.05, 3.63) is 64.2 Å². The molecule has 2 bridgehead atoms. The average Bonchev–Trinajstić information content (AvgIpc) is 2.92. The van der Waals surface area contributed by atoms with Crippen molar-refractivity contribution in [2.24, 2.45) is 0 Å². The Balaban J connectivity index is 1.63. The van der Waals surface area contributed by atoms with Gasteiger partial charge in [-0.05, 0) is 48.7 Å². The van der Waals surface area contributed by atoms with E-state index >= 15 is 0 Å². The van der Waals surface area contributed by atoms with Crippen LogP contribution in [0.1, 0.15) is 36.5 Å². The highest BCUT2D eigenvalue weighted by atomic mass is 35.5. The number of hydrogen-bond acceptors (Lipinski definition) is 6. The summed E-state index contributed by atoms with van der Waals surface area (Å²) in [6, 6.07) is 13.2. The fourth-order valence-electron chi connectivity index (χ4n) is 4.16. The number of aliphatic hydroxyl groups is 3. The van der Waals surface area contributed by atoms with Gasteiger partial charge in [-0.3, -0.25) is 0 Å². The van der Waals surface area contributed by atoms with Crippen molar-refractivity contribution in [3.63, 3.8) is 0 Å². The fourth-order valence-corrected chi connectivity index (χ4v) is 4.35. The van der Waals surface area contributed by atoms with Gasteiger partial charge in [0.05, 0.1) is 19.3 Å². The maximum atomic E-state index is 10.4. The molecule has 0 saturated carbocycles. The van der Waals surface area contributed by atoms with Crippen molar-refractivity contribution in [2.75, 3.05) is 13.2 Å². The van der Waals surface area contributed by atoms with Crippen LogP contribution in [0.5, 0.6) is 5.75 Å². The lowest BCUT2D eigenvalue weighted by Gasteiger charge is -2.39. The molecule has 2 aliphatic heterocycles. The van der Waals surface area contributed by atoms with Crippen molar-refractivity contribution in [3.8, 4) is 5.75 Å². The van der Waals surface area contributed by atoms with Gasteiger partial charge in [0, 0.05) is 23.4 Å². The number of aliphatic hydroxyl groups excluding tert-OH is 3. The molecule has 2 aromatic carbocycles. The van der Waals surface area contributed by atoms with Gasteiger partial charge in [-0.25, -0.2) is 0 Å². The van der Waals surface area contributed by atoms with E-state index in [-0.39, 0.29) is 12.8 Å². The molecule has 0 aliphatic carbocycles. The molecule has 4 atom stereocenters. The first-order chi connectivity index (χ1) is 13.9. The number of fused-ring (bicyclic) bond motifs is 2. The van der Waals surface area contributed by atoms with Gasteiger partial charge in [0.1, 0.15) is 11.4 Å². The molecule has 2 aromatic rings. The summed E-state index contributed by atoms with van der Waals surface area (Å²) in [5.41, 5.74) is 1.25. The first-order valence-corrected chi connectivity index (χ1v) is 10.1. The molecule has 6 nitrogen and oxygen atoms in total. The maximum absolute atomic E-state index is 10.4. The number of halogens is 1. The molecule has 0 radical (unpaired) electrons. The van der Waals surface area contributed by atoms with E-state index in [1.54, 1.807) is 12.1 Å². The summed E-state index contributed by atoms with van der Waals surface area (Å²) in [6.07, 6.45) is -1.23. The smallest absolute Gasteiger partial charge is 0.201 e. The molecule has 2 aliphatic rings. The quantitative estimate of drug-likeness (QED) is 0.666. The second-order valence-electron chi connectivity index (χ2n) is 7.67. The predicted molar refractivity (Wildman–Crippen MR) is 107 cm³/mol. The number of hydrogen-bond donors (Lipinski definition) is 3. The lowest BCUT2D eigenvalue weighted by atomic mass is 9.87. The van der Waals surface area contributed by atoms with Gasteiger partial charge >= 0.3 is 0 Å². The summed E-state index contributed by atoms with van der Waals surface area (Å²) in [5, 5.41) is 31.1. The van der Waals surface area contributed by atoms with Crippen LogP contribution in [0.25, 0.3) is 0 Å². The molecule has 7 heteroatoms. The monoisotopic (exact) mass is 420 g/mol. The zero-order valence-corrected chi connectivity index (χ0v) is 16.9. The number of benzene rings is 2. The molecule has 3 N–H and O–H groups in total. The van der Waals surface area contributed by atoms with E-state index in [2.05, 4.69) is 0 Å². The highest BCUT2D eigenvalue weighted by molar-refractivity contribution is 6.31. The van der Waals surface area contributed by atoms with E-state index in [4.69, 9.17) is 25.8 Å². The molecule has 0 spiro atoms. The van der Waals surface area contributed by atoms with Crippen LogP contribution in [-0.2, 0) is 21.7 Å². The van der Waals surface area contributed by atoms with Crippen molar-refractivity contribution in [2.45, 2.75) is 50.0 Å². The minimum atomic E-state index is -1.33. The van der Waals surface area contributed by atoms with E-state index in [0.717, 1.165) is 16.9 Å². The first-order valence-electron chi connectivity index (χ1n) is 9.75. The molecule has 2 fully saturated rings. The van der Waals surface area contributed by atoms with Crippen LogP contribution in [0.2, 0.25) is 5.02 Å². The van der Waals surface area contributed by atoms with Gasteiger partial charge in [0.25, 0.3) is 0 Å². The maximum Gasteiger partial charge on any atom is 0.201 e. The zero-order chi connectivity index (χ0) is 20.6. The molecule has 0 aromatic heterocycles. The molecule has 29 heavy (non-hydrogen) atoms. The lowest BCUT2D eigenvalue weighted by molar-refractivity contribution is -0.250. The van der Waals surface area contributed by atoms with Crippen LogP contribution in [0.3, 0.4) is 0 Å². The third-order valence-electron chi connectivity index (χ3n) is 5.59. The van der Waals surface area contributed by atoms with Gasteiger partial charge in [-0.15, -0.1) is 0 Å². The van der Waals surface area contributed by atoms with Crippen molar-refractivity contribution < 1.29 is 29.5 Å². The van der Waals surface area contributed by atoms with Gasteiger partial charge < -0.3 is 29.5 Å². The molecule has 2 saturated heterocycles. The van der Waals surface area contributed by atoms with Gasteiger partial charge in [0.15, 0.2) is 6.29 Å². The molecule has 4 rings (SSSR count). The molecule has 2 heterocycles. The van der Waals surface area contributed by atoms with E-state index in [0.29, 0.717) is 23.6 Å². The number of rotatable bonds is 6. The third-order valence-corrected chi connectivity index (χ3v) is 5.96. The van der Waals surface area contributed by atoms with Crippen molar-refractivity contribution in [1.82, 2.24) is 0 Å². The Hall–Kier alpha value is -1.67. The summed E-state index contributed by atoms with van der Waals surface area (Å²) < 4.78 is 17.3. The third kappa shape index (κ3) is 3.77. The Morgan fingerprint density at radius 3 is 2.59 bits per heavy atom. The Bertz CT molecular complexity index is 872. The fraction of sp³-hybridized carbons (Fsp3) is 0.455. The van der Waals surface area contributed by atoms with Crippen LogP contribution in [0, 0.1) is 0 Å². The van der Waals surface area contributed by atoms with Crippen LogP contribution < -0.4 is 4.74 Å². The molecule has 2 unspecified atom stereocenters. The molecular formula is C22H25ClO6. The van der Waals surface area contributed by atoms with E-state index in [9.17, 15) is 15.3 Å². The normalized spacial score (nSPS) is 31.1. The van der Waals surface area contributed by atoms with Gasteiger partial charge in [-0.1, -0.05) is 29.8 Å². The summed E-state index contributed by atoms with van der Waals surface area (Å²) >= 11 is 6.43. The second kappa shape index (κ2) is 7.87. The van der Waals surface area contributed by atoms with Crippen molar-refractivity contribution >= 4 is 11.6 Å². The molecule has 0 amide bonds. The highest BCUT2D eigenvalue weighted by Crippen LogP contribution is 2.52. The Labute approximate surface area is 174 Å². The molecular weight excluding hydrogens is 396 g/mol. The summed E-state index contributed by atoms with van der Waals surface area (Å²) in [5.74, 6) is -0.508. The van der Waals surface area contributed by atoms with Gasteiger partial charge in [-0.2, -0.15) is 0 Å². The summed E-state index contributed by atoms with van der Waals surface area (Å²) in [4.78, 5) is 0. The van der Waals surface area contributed by atoms with E-state index in [1.807, 2.05) is 37.3 Å². The Kier molecular flexibility index (Phi) is 5.59. The van der Waals surface area contributed by atoms with Crippen LogP contribution in [0.4, 0.5) is 0 Å². The topological polar surface area (TPSA) is 88.4 Å². The largest absolute Gasteiger partial charge is 0.494 e. The Morgan fingerprint density at radius 2 is 1.90 bits per heavy atom. The molecule has 156 valence electrons. The summed E-state index contributed by atoms with van der Waals surface area (Å²) in [6.45, 7) is 2.11. The van der Waals surface area contributed by atoms with Gasteiger partial charge in [0.2, 0.25) is 5.79 Å². The van der Waals surface area contributed by atoms with Crippen LogP contribution in [0.15, 0.2) is 42.5 Å². The first kappa shape index (κ1) is 20.6. The summed E-state index contributed by atoms with van der Waals surface area (Å²) in [7, 11) is 0. The lowest BCUT2D eigenvalue weighted by Crippen LogP contribution is -2.50.